The van der Waals surface area contributed by atoms with Crippen molar-refractivity contribution in [3.63, 3.8) is 0 Å². The van der Waals surface area contributed by atoms with Crippen LogP contribution in [0.4, 0.5) is 5.69 Å². The van der Waals surface area contributed by atoms with Crippen LogP contribution in [0.25, 0.3) is 10.8 Å². The van der Waals surface area contributed by atoms with Crippen molar-refractivity contribution in [2.75, 3.05) is 5.32 Å². The van der Waals surface area contributed by atoms with Gasteiger partial charge in [0, 0.05) is 17.3 Å². The molecule has 0 saturated heterocycles. The Bertz CT molecular complexity index is 718. The maximum atomic E-state index is 12.3. The summed E-state index contributed by atoms with van der Waals surface area (Å²) in [6.07, 6.45) is 1.65. The molecule has 1 aromatic heterocycles. The molecule has 0 radical (unpaired) electrons. The number of benzene rings is 2. The van der Waals surface area contributed by atoms with Gasteiger partial charge in [-0.05, 0) is 23.6 Å². The van der Waals surface area contributed by atoms with Gasteiger partial charge < -0.3 is 5.32 Å². The maximum Gasteiger partial charge on any atom is 0.274 e. The first kappa shape index (κ1) is 11.4. The fourth-order valence-electron chi connectivity index (χ4n) is 2.01. The molecule has 0 saturated carbocycles. The monoisotopic (exact) mass is 248 g/mol. The van der Waals surface area contributed by atoms with Crippen LogP contribution in [0, 0.1) is 0 Å². The summed E-state index contributed by atoms with van der Waals surface area (Å²) >= 11 is 0. The van der Waals surface area contributed by atoms with E-state index in [1.54, 1.807) is 6.20 Å². The highest BCUT2D eigenvalue weighted by Gasteiger charge is 2.11. The van der Waals surface area contributed by atoms with Crippen molar-refractivity contribution in [2.24, 2.45) is 0 Å². The number of nitrogens with one attached hydrogen (secondary N) is 1. The zero-order chi connectivity index (χ0) is 13.1. The molecular weight excluding hydrogens is 236 g/mol. The second kappa shape index (κ2) is 4.90. The Labute approximate surface area is 110 Å². The Balaban J connectivity index is 1.98. The molecule has 1 heterocycles. The summed E-state index contributed by atoms with van der Waals surface area (Å²) in [5.74, 6) is -0.192. The number of para-hydroxylation sites is 1. The molecule has 3 heteroatoms. The summed E-state index contributed by atoms with van der Waals surface area (Å²) in [7, 11) is 0. The molecule has 1 amide bonds. The van der Waals surface area contributed by atoms with Crippen molar-refractivity contribution in [3.05, 3.63) is 72.6 Å². The number of fused-ring (bicyclic) bond motifs is 1. The van der Waals surface area contributed by atoms with Gasteiger partial charge in [-0.1, -0.05) is 42.5 Å². The van der Waals surface area contributed by atoms with E-state index >= 15 is 0 Å². The minimum absolute atomic E-state index is 0.192. The topological polar surface area (TPSA) is 42.0 Å². The lowest BCUT2D eigenvalue weighted by Crippen LogP contribution is -2.13. The number of hydrogen-bond acceptors (Lipinski definition) is 2. The zero-order valence-electron chi connectivity index (χ0n) is 10.2. The number of nitrogens with zero attached hydrogens (tertiary/aromatic N) is 1. The molecule has 0 spiro atoms. The van der Waals surface area contributed by atoms with Gasteiger partial charge in [-0.2, -0.15) is 0 Å². The average molecular weight is 248 g/mol. The van der Waals surface area contributed by atoms with Crippen molar-refractivity contribution >= 4 is 22.4 Å². The van der Waals surface area contributed by atoms with E-state index in [1.165, 1.54) is 0 Å². The van der Waals surface area contributed by atoms with Crippen LogP contribution < -0.4 is 5.32 Å². The number of carbonyl (C=O) groups is 1. The molecule has 0 atom stereocenters. The third-order valence-electron chi connectivity index (χ3n) is 2.92. The molecule has 19 heavy (non-hydrogen) atoms. The van der Waals surface area contributed by atoms with Gasteiger partial charge in [-0.25, -0.2) is 0 Å². The van der Waals surface area contributed by atoms with Crippen LogP contribution in [-0.4, -0.2) is 10.9 Å². The molecule has 0 bridgehead atoms. The van der Waals surface area contributed by atoms with Crippen molar-refractivity contribution in [1.29, 1.82) is 0 Å². The number of hydrogen-bond donors (Lipinski definition) is 1. The molecule has 3 aromatic rings. The number of amides is 1. The van der Waals surface area contributed by atoms with Gasteiger partial charge in [0.2, 0.25) is 0 Å². The van der Waals surface area contributed by atoms with Gasteiger partial charge in [-0.3, -0.25) is 9.78 Å². The molecule has 0 aliphatic rings. The Kier molecular flexibility index (Phi) is 2.94. The van der Waals surface area contributed by atoms with Crippen molar-refractivity contribution in [2.45, 2.75) is 0 Å². The number of pyridine rings is 1. The Morgan fingerprint density at radius 3 is 2.47 bits per heavy atom. The second-order valence-corrected chi connectivity index (χ2v) is 4.20. The first-order chi connectivity index (χ1) is 9.34. The molecule has 3 rings (SSSR count). The van der Waals surface area contributed by atoms with Gasteiger partial charge in [0.15, 0.2) is 0 Å². The third kappa shape index (κ3) is 2.31. The SMILES string of the molecule is O=C(Nc1ccccc1)c1nccc2ccccc12. The average Bonchev–Trinajstić information content (AvgIpc) is 2.47. The fraction of sp³-hybridized carbons (Fsp3) is 0. The molecule has 0 unspecified atom stereocenters. The first-order valence-electron chi connectivity index (χ1n) is 6.05. The molecule has 3 nitrogen and oxygen atoms in total. The van der Waals surface area contributed by atoms with Gasteiger partial charge in [0.25, 0.3) is 5.91 Å². The highest BCUT2D eigenvalue weighted by atomic mass is 16.1. The molecule has 0 fully saturated rings. The number of carbonyl (C=O) groups excluding carboxylic acids is 1. The number of anilines is 1. The van der Waals surface area contributed by atoms with Crippen molar-refractivity contribution in [1.82, 2.24) is 4.98 Å². The van der Waals surface area contributed by atoms with Crippen LogP contribution >= 0.6 is 0 Å². The maximum absolute atomic E-state index is 12.3. The largest absolute Gasteiger partial charge is 0.321 e. The van der Waals surface area contributed by atoms with Crippen LogP contribution in [0.15, 0.2) is 66.9 Å². The normalized spacial score (nSPS) is 10.3. The van der Waals surface area contributed by atoms with Crippen molar-refractivity contribution in [3.8, 4) is 0 Å². The molecule has 0 aliphatic carbocycles. The second-order valence-electron chi connectivity index (χ2n) is 4.20. The van der Waals surface area contributed by atoms with Gasteiger partial charge in [0.1, 0.15) is 5.69 Å². The highest BCUT2D eigenvalue weighted by molar-refractivity contribution is 6.11. The minimum atomic E-state index is -0.192. The predicted molar refractivity (Wildman–Crippen MR) is 76.1 cm³/mol. The molecular formula is C16H12N2O. The minimum Gasteiger partial charge on any atom is -0.321 e. The summed E-state index contributed by atoms with van der Waals surface area (Å²) in [4.78, 5) is 16.4. The molecule has 92 valence electrons. The van der Waals surface area contributed by atoms with E-state index < -0.39 is 0 Å². The Morgan fingerprint density at radius 1 is 0.895 bits per heavy atom. The zero-order valence-corrected chi connectivity index (χ0v) is 10.2. The van der Waals surface area contributed by atoms with Crippen molar-refractivity contribution < 1.29 is 4.79 Å². The summed E-state index contributed by atoms with van der Waals surface area (Å²) in [6.45, 7) is 0. The van der Waals surface area contributed by atoms with Gasteiger partial charge in [-0.15, -0.1) is 0 Å². The van der Waals surface area contributed by atoms with E-state index in [-0.39, 0.29) is 5.91 Å². The summed E-state index contributed by atoms with van der Waals surface area (Å²) < 4.78 is 0. The van der Waals surface area contributed by atoms with E-state index in [2.05, 4.69) is 10.3 Å². The quantitative estimate of drug-likeness (QED) is 0.754. The highest BCUT2D eigenvalue weighted by Crippen LogP contribution is 2.17. The van der Waals surface area contributed by atoms with Crippen LogP contribution in [0.3, 0.4) is 0 Å². The molecule has 0 aliphatic heterocycles. The fourth-order valence-corrected chi connectivity index (χ4v) is 2.01. The summed E-state index contributed by atoms with van der Waals surface area (Å²) in [5, 5.41) is 4.72. The van der Waals surface area contributed by atoms with Crippen LogP contribution in [0.1, 0.15) is 10.5 Å². The summed E-state index contributed by atoms with van der Waals surface area (Å²) in [5.41, 5.74) is 1.21. The van der Waals surface area contributed by atoms with E-state index in [4.69, 9.17) is 0 Å². The van der Waals surface area contributed by atoms with Crippen LogP contribution in [-0.2, 0) is 0 Å². The Morgan fingerprint density at radius 2 is 1.63 bits per heavy atom. The third-order valence-corrected chi connectivity index (χ3v) is 2.92. The smallest absolute Gasteiger partial charge is 0.274 e. The summed E-state index contributed by atoms with van der Waals surface area (Å²) in [6, 6.07) is 19.0. The first-order valence-corrected chi connectivity index (χ1v) is 6.05. The number of aromatic nitrogens is 1. The van der Waals surface area contributed by atoms with E-state index in [9.17, 15) is 4.79 Å². The predicted octanol–water partition coefficient (Wildman–Crippen LogP) is 3.49. The number of rotatable bonds is 2. The van der Waals surface area contributed by atoms with Gasteiger partial charge >= 0.3 is 0 Å². The van der Waals surface area contributed by atoms with Crippen LogP contribution in [0.2, 0.25) is 0 Å². The van der Waals surface area contributed by atoms with E-state index in [1.807, 2.05) is 60.7 Å². The van der Waals surface area contributed by atoms with E-state index in [0.717, 1.165) is 16.5 Å². The standard InChI is InChI=1S/C16H12N2O/c19-16(18-13-7-2-1-3-8-13)15-14-9-5-4-6-12(14)10-11-17-15/h1-11H,(H,18,19). The Hall–Kier alpha value is -2.68. The lowest BCUT2D eigenvalue weighted by Gasteiger charge is -2.06. The lowest BCUT2D eigenvalue weighted by atomic mass is 10.1. The molecule has 1 N–H and O–H groups in total. The lowest BCUT2D eigenvalue weighted by molar-refractivity contribution is 0.102. The van der Waals surface area contributed by atoms with Gasteiger partial charge in [0.05, 0.1) is 0 Å². The van der Waals surface area contributed by atoms with Crippen LogP contribution in [0.5, 0.6) is 0 Å². The molecule has 2 aromatic carbocycles. The van der Waals surface area contributed by atoms with E-state index in [0.29, 0.717) is 5.69 Å².